The molecule has 1 aromatic heterocycles. The molecular weight excluding hydrogens is 252 g/mol. The van der Waals surface area contributed by atoms with Crippen molar-refractivity contribution in [1.29, 1.82) is 0 Å². The Bertz CT molecular complexity index is 592. The van der Waals surface area contributed by atoms with Crippen LogP contribution < -0.4 is 10.1 Å². The fourth-order valence-electron chi connectivity index (χ4n) is 2.70. The van der Waals surface area contributed by atoms with Crippen molar-refractivity contribution in [2.45, 2.75) is 39.3 Å². The van der Waals surface area contributed by atoms with Crippen LogP contribution in [0.3, 0.4) is 0 Å². The Morgan fingerprint density at radius 2 is 2.25 bits per heavy atom. The molecule has 20 heavy (non-hydrogen) atoms. The Morgan fingerprint density at radius 3 is 3.05 bits per heavy atom. The molecule has 3 rings (SSSR count). The van der Waals surface area contributed by atoms with Crippen molar-refractivity contribution in [2.24, 2.45) is 0 Å². The molecule has 0 bridgehead atoms. The average molecular weight is 272 g/mol. The van der Waals surface area contributed by atoms with E-state index >= 15 is 0 Å². The molecule has 4 heteroatoms. The Balaban J connectivity index is 1.78. The molecule has 0 saturated carbocycles. The van der Waals surface area contributed by atoms with Crippen LogP contribution in [-0.4, -0.2) is 11.8 Å². The average Bonchev–Trinajstić information content (AvgIpc) is 2.73. The SMILES string of the molecule is Cc1cc(CNC2CCCOc3c(C)cccc32)no1. The van der Waals surface area contributed by atoms with Gasteiger partial charge in [-0.25, -0.2) is 0 Å². The third-order valence-corrected chi connectivity index (χ3v) is 3.71. The second-order valence-corrected chi connectivity index (χ2v) is 5.35. The highest BCUT2D eigenvalue weighted by Crippen LogP contribution is 2.34. The van der Waals surface area contributed by atoms with E-state index in [2.05, 4.69) is 35.6 Å². The molecule has 1 atom stereocenters. The maximum atomic E-state index is 5.89. The molecule has 2 aromatic rings. The summed E-state index contributed by atoms with van der Waals surface area (Å²) >= 11 is 0. The highest BCUT2D eigenvalue weighted by atomic mass is 16.5. The molecule has 106 valence electrons. The second-order valence-electron chi connectivity index (χ2n) is 5.35. The summed E-state index contributed by atoms with van der Waals surface area (Å²) in [5.74, 6) is 1.89. The van der Waals surface area contributed by atoms with E-state index in [0.717, 1.165) is 43.2 Å². The van der Waals surface area contributed by atoms with Crippen molar-refractivity contribution < 1.29 is 9.26 Å². The van der Waals surface area contributed by atoms with E-state index in [-0.39, 0.29) is 0 Å². The summed E-state index contributed by atoms with van der Waals surface area (Å²) < 4.78 is 11.0. The van der Waals surface area contributed by atoms with Crippen LogP contribution in [0.5, 0.6) is 5.75 Å². The summed E-state index contributed by atoms with van der Waals surface area (Å²) in [6.07, 6.45) is 2.14. The number of nitrogens with one attached hydrogen (secondary N) is 1. The van der Waals surface area contributed by atoms with Crippen molar-refractivity contribution >= 4 is 0 Å². The minimum atomic E-state index is 0.310. The van der Waals surface area contributed by atoms with Gasteiger partial charge in [0, 0.05) is 24.2 Å². The van der Waals surface area contributed by atoms with Gasteiger partial charge in [-0.05, 0) is 32.3 Å². The monoisotopic (exact) mass is 272 g/mol. The van der Waals surface area contributed by atoms with Gasteiger partial charge in [-0.1, -0.05) is 23.4 Å². The van der Waals surface area contributed by atoms with Gasteiger partial charge in [0.05, 0.1) is 12.3 Å². The molecule has 0 fully saturated rings. The van der Waals surface area contributed by atoms with Crippen molar-refractivity contribution in [2.75, 3.05) is 6.61 Å². The number of rotatable bonds is 3. The number of nitrogens with zero attached hydrogens (tertiary/aromatic N) is 1. The van der Waals surface area contributed by atoms with Gasteiger partial charge in [-0.15, -0.1) is 0 Å². The van der Waals surface area contributed by atoms with Crippen LogP contribution >= 0.6 is 0 Å². The quantitative estimate of drug-likeness (QED) is 0.931. The Morgan fingerprint density at radius 1 is 1.35 bits per heavy atom. The number of aryl methyl sites for hydroxylation is 2. The van der Waals surface area contributed by atoms with Gasteiger partial charge in [0.2, 0.25) is 0 Å². The molecule has 0 spiro atoms. The van der Waals surface area contributed by atoms with Crippen molar-refractivity contribution in [3.63, 3.8) is 0 Å². The fourth-order valence-corrected chi connectivity index (χ4v) is 2.70. The Labute approximate surface area is 119 Å². The molecule has 1 aromatic carbocycles. The zero-order valence-corrected chi connectivity index (χ0v) is 12.0. The zero-order valence-electron chi connectivity index (χ0n) is 12.0. The fraction of sp³-hybridized carbons (Fsp3) is 0.438. The summed E-state index contributed by atoms with van der Waals surface area (Å²) in [4.78, 5) is 0. The van der Waals surface area contributed by atoms with E-state index in [1.54, 1.807) is 0 Å². The van der Waals surface area contributed by atoms with E-state index in [1.165, 1.54) is 11.1 Å². The molecule has 0 radical (unpaired) electrons. The van der Waals surface area contributed by atoms with Gasteiger partial charge in [0.25, 0.3) is 0 Å². The third kappa shape index (κ3) is 2.70. The molecule has 1 unspecified atom stereocenters. The number of benzene rings is 1. The lowest BCUT2D eigenvalue weighted by Gasteiger charge is -2.18. The molecule has 2 heterocycles. The molecule has 1 aliphatic heterocycles. The van der Waals surface area contributed by atoms with E-state index < -0.39 is 0 Å². The smallest absolute Gasteiger partial charge is 0.133 e. The van der Waals surface area contributed by atoms with Crippen LogP contribution in [-0.2, 0) is 6.54 Å². The van der Waals surface area contributed by atoms with Crippen LogP contribution in [0.2, 0.25) is 0 Å². The first kappa shape index (κ1) is 13.2. The van der Waals surface area contributed by atoms with Crippen LogP contribution in [0.1, 0.15) is 41.5 Å². The van der Waals surface area contributed by atoms with E-state index in [4.69, 9.17) is 9.26 Å². The Kier molecular flexibility index (Phi) is 3.74. The molecule has 0 saturated heterocycles. The van der Waals surface area contributed by atoms with Crippen LogP contribution in [0, 0.1) is 13.8 Å². The van der Waals surface area contributed by atoms with Crippen molar-refractivity contribution in [1.82, 2.24) is 10.5 Å². The summed E-state index contributed by atoms with van der Waals surface area (Å²) in [6, 6.07) is 8.63. The summed E-state index contributed by atoms with van der Waals surface area (Å²) in [5, 5.41) is 7.60. The largest absolute Gasteiger partial charge is 0.493 e. The predicted octanol–water partition coefficient (Wildman–Crippen LogP) is 3.29. The summed E-state index contributed by atoms with van der Waals surface area (Å²) in [5.41, 5.74) is 3.40. The van der Waals surface area contributed by atoms with Crippen LogP contribution in [0.25, 0.3) is 0 Å². The lowest BCUT2D eigenvalue weighted by molar-refractivity contribution is 0.313. The molecule has 0 aliphatic carbocycles. The lowest BCUT2D eigenvalue weighted by Crippen LogP contribution is -2.20. The molecule has 1 N–H and O–H groups in total. The van der Waals surface area contributed by atoms with Crippen molar-refractivity contribution in [3.05, 3.63) is 46.8 Å². The van der Waals surface area contributed by atoms with Gasteiger partial charge in [-0.3, -0.25) is 0 Å². The van der Waals surface area contributed by atoms with Gasteiger partial charge in [-0.2, -0.15) is 0 Å². The normalized spacial score (nSPS) is 18.2. The van der Waals surface area contributed by atoms with Crippen molar-refractivity contribution in [3.8, 4) is 5.75 Å². The molecule has 1 aliphatic rings. The van der Waals surface area contributed by atoms with Gasteiger partial charge in [0.15, 0.2) is 0 Å². The molecule has 4 nitrogen and oxygen atoms in total. The molecular formula is C16H20N2O2. The number of ether oxygens (including phenoxy) is 1. The topological polar surface area (TPSA) is 47.3 Å². The second kappa shape index (κ2) is 5.67. The summed E-state index contributed by atoms with van der Waals surface area (Å²) in [7, 11) is 0. The van der Waals surface area contributed by atoms with E-state index in [9.17, 15) is 0 Å². The van der Waals surface area contributed by atoms with Crippen LogP contribution in [0.4, 0.5) is 0 Å². The summed E-state index contributed by atoms with van der Waals surface area (Å²) in [6.45, 7) is 5.52. The van der Waals surface area contributed by atoms with Gasteiger partial charge >= 0.3 is 0 Å². The Hall–Kier alpha value is -1.81. The number of para-hydroxylation sites is 1. The predicted molar refractivity (Wildman–Crippen MR) is 76.7 cm³/mol. The minimum absolute atomic E-state index is 0.310. The van der Waals surface area contributed by atoms with Crippen LogP contribution in [0.15, 0.2) is 28.8 Å². The third-order valence-electron chi connectivity index (χ3n) is 3.71. The highest BCUT2D eigenvalue weighted by Gasteiger charge is 2.20. The first-order valence-electron chi connectivity index (χ1n) is 7.12. The maximum Gasteiger partial charge on any atom is 0.133 e. The first-order valence-corrected chi connectivity index (χ1v) is 7.12. The number of fused-ring (bicyclic) bond motifs is 1. The van der Waals surface area contributed by atoms with Gasteiger partial charge in [0.1, 0.15) is 11.5 Å². The maximum absolute atomic E-state index is 5.89. The standard InChI is InChI=1S/C16H20N2O2/c1-11-5-3-6-14-15(7-4-8-19-16(11)14)17-10-13-9-12(2)20-18-13/h3,5-6,9,15,17H,4,7-8,10H2,1-2H3. The first-order chi connectivity index (χ1) is 9.74. The van der Waals surface area contributed by atoms with E-state index in [0.29, 0.717) is 6.04 Å². The highest BCUT2D eigenvalue weighted by molar-refractivity contribution is 5.43. The number of hydrogen-bond acceptors (Lipinski definition) is 4. The lowest BCUT2D eigenvalue weighted by atomic mass is 10.00. The number of hydrogen-bond donors (Lipinski definition) is 1. The molecule has 0 amide bonds. The zero-order chi connectivity index (χ0) is 13.9. The van der Waals surface area contributed by atoms with E-state index in [1.807, 2.05) is 13.0 Å². The minimum Gasteiger partial charge on any atom is -0.493 e. The van der Waals surface area contributed by atoms with Gasteiger partial charge < -0.3 is 14.6 Å². The number of aromatic nitrogens is 1.